The quantitative estimate of drug-likeness (QED) is 0.823. The predicted octanol–water partition coefficient (Wildman–Crippen LogP) is 2.26. The summed E-state index contributed by atoms with van der Waals surface area (Å²) < 4.78 is 0. The summed E-state index contributed by atoms with van der Waals surface area (Å²) in [5, 5.41) is 15.9. The number of carboxylic acids is 1. The van der Waals surface area contributed by atoms with Crippen LogP contribution >= 0.6 is 0 Å². The second-order valence-electron chi connectivity index (χ2n) is 2.83. The van der Waals surface area contributed by atoms with Crippen LogP contribution in [-0.2, 0) is 6.42 Å². The lowest BCUT2D eigenvalue weighted by Gasteiger charge is -1.98. The molecule has 0 fully saturated rings. The van der Waals surface area contributed by atoms with Crippen LogP contribution in [0.15, 0.2) is 18.3 Å². The number of aromatic carboxylic acids is 1. The molecule has 1 aromatic rings. The maximum Gasteiger partial charge on any atom is 0.354 e. The number of nitrogens with zero attached hydrogens (tertiary/aromatic N) is 2. The molecule has 0 saturated carbocycles. The van der Waals surface area contributed by atoms with Gasteiger partial charge in [-0.25, -0.2) is 9.78 Å². The second kappa shape index (κ2) is 7.51. The van der Waals surface area contributed by atoms with Gasteiger partial charge in [0.1, 0.15) is 5.69 Å². The first-order chi connectivity index (χ1) is 7.15. The van der Waals surface area contributed by atoms with E-state index >= 15 is 0 Å². The lowest BCUT2D eigenvalue weighted by molar-refractivity contribution is 0.0690. The summed E-state index contributed by atoms with van der Waals surface area (Å²) in [5.74, 6) is -0.965. The SMILES string of the molecule is CC#N.CCCc1ccnc(C(=O)O)c1. The number of hydrogen-bond donors (Lipinski definition) is 1. The molecule has 0 aliphatic rings. The Morgan fingerprint density at radius 1 is 1.67 bits per heavy atom. The van der Waals surface area contributed by atoms with E-state index < -0.39 is 5.97 Å². The Hall–Kier alpha value is -1.89. The van der Waals surface area contributed by atoms with Crippen molar-refractivity contribution in [2.45, 2.75) is 26.7 Å². The molecule has 0 bridgehead atoms. The lowest BCUT2D eigenvalue weighted by atomic mass is 10.1. The molecule has 0 radical (unpaired) electrons. The highest BCUT2D eigenvalue weighted by Crippen LogP contribution is 2.04. The van der Waals surface area contributed by atoms with Crippen molar-refractivity contribution >= 4 is 5.97 Å². The minimum atomic E-state index is -0.965. The van der Waals surface area contributed by atoms with Gasteiger partial charge in [0.05, 0.1) is 6.07 Å². The second-order valence-corrected chi connectivity index (χ2v) is 2.83. The molecule has 1 aromatic heterocycles. The van der Waals surface area contributed by atoms with Gasteiger partial charge < -0.3 is 5.11 Å². The molecule has 0 unspecified atom stereocenters. The van der Waals surface area contributed by atoms with E-state index in [-0.39, 0.29) is 5.69 Å². The highest BCUT2D eigenvalue weighted by atomic mass is 16.4. The predicted molar refractivity (Wildman–Crippen MR) is 56.5 cm³/mol. The van der Waals surface area contributed by atoms with Crippen LogP contribution in [0.3, 0.4) is 0 Å². The molecule has 0 aliphatic carbocycles. The first-order valence-electron chi connectivity index (χ1n) is 4.64. The van der Waals surface area contributed by atoms with E-state index in [9.17, 15) is 4.79 Å². The number of nitriles is 1. The zero-order valence-electron chi connectivity index (χ0n) is 8.90. The molecule has 0 aliphatic heterocycles. The van der Waals surface area contributed by atoms with Gasteiger partial charge in [-0.2, -0.15) is 5.26 Å². The van der Waals surface area contributed by atoms with Crippen molar-refractivity contribution in [1.82, 2.24) is 4.98 Å². The zero-order chi connectivity index (χ0) is 11.7. The number of rotatable bonds is 3. The zero-order valence-corrected chi connectivity index (χ0v) is 8.90. The van der Waals surface area contributed by atoms with Gasteiger partial charge >= 0.3 is 5.97 Å². The van der Waals surface area contributed by atoms with Gasteiger partial charge in [0, 0.05) is 13.1 Å². The first kappa shape index (κ1) is 13.1. The van der Waals surface area contributed by atoms with Crippen molar-refractivity contribution in [3.63, 3.8) is 0 Å². The summed E-state index contributed by atoms with van der Waals surface area (Å²) >= 11 is 0. The van der Waals surface area contributed by atoms with Crippen LogP contribution in [0.1, 0.15) is 36.3 Å². The van der Waals surface area contributed by atoms with E-state index in [1.165, 1.54) is 13.1 Å². The Kier molecular flexibility index (Phi) is 6.56. The summed E-state index contributed by atoms with van der Waals surface area (Å²) in [7, 11) is 0. The molecule has 1 rings (SSSR count). The van der Waals surface area contributed by atoms with Crippen LogP contribution in [0, 0.1) is 11.3 Å². The van der Waals surface area contributed by atoms with Crippen molar-refractivity contribution in [1.29, 1.82) is 5.26 Å². The largest absolute Gasteiger partial charge is 0.477 e. The van der Waals surface area contributed by atoms with E-state index in [0.29, 0.717) is 0 Å². The molecule has 4 heteroatoms. The maximum atomic E-state index is 10.5. The van der Waals surface area contributed by atoms with Crippen molar-refractivity contribution in [3.05, 3.63) is 29.6 Å². The topological polar surface area (TPSA) is 74.0 Å². The molecule has 0 spiro atoms. The maximum absolute atomic E-state index is 10.5. The van der Waals surface area contributed by atoms with Crippen molar-refractivity contribution < 1.29 is 9.90 Å². The van der Waals surface area contributed by atoms with Crippen molar-refractivity contribution in [3.8, 4) is 6.07 Å². The number of aromatic nitrogens is 1. The average molecular weight is 206 g/mol. The molecule has 0 saturated heterocycles. The van der Waals surface area contributed by atoms with E-state index in [4.69, 9.17) is 10.4 Å². The minimum absolute atomic E-state index is 0.126. The van der Waals surface area contributed by atoms with E-state index in [1.54, 1.807) is 12.1 Å². The molecule has 1 N–H and O–H groups in total. The van der Waals surface area contributed by atoms with E-state index in [2.05, 4.69) is 11.9 Å². The third-order valence-corrected chi connectivity index (χ3v) is 1.58. The standard InChI is InChI=1S/C9H11NO2.C2H3N/c1-2-3-7-4-5-10-8(6-7)9(11)12;1-2-3/h4-6H,2-3H2,1H3,(H,11,12);1H3. The number of carbonyl (C=O) groups is 1. The molecule has 1 heterocycles. The average Bonchev–Trinajstić information content (AvgIpc) is 2.20. The normalized spacial score (nSPS) is 8.33. The summed E-state index contributed by atoms with van der Waals surface area (Å²) in [5.41, 5.74) is 1.16. The fourth-order valence-corrected chi connectivity index (χ4v) is 1.04. The lowest BCUT2D eigenvalue weighted by Crippen LogP contribution is -2.00. The van der Waals surface area contributed by atoms with Crippen LogP contribution in [0.4, 0.5) is 0 Å². The number of carboxylic acid groups (broad SMARTS) is 1. The Balaban J connectivity index is 0.000000583. The van der Waals surface area contributed by atoms with Crippen molar-refractivity contribution in [2.75, 3.05) is 0 Å². The highest BCUT2D eigenvalue weighted by molar-refractivity contribution is 5.85. The van der Waals surface area contributed by atoms with Gasteiger partial charge in [0.2, 0.25) is 0 Å². The molecule has 0 aromatic carbocycles. The van der Waals surface area contributed by atoms with Crippen LogP contribution in [-0.4, -0.2) is 16.1 Å². The van der Waals surface area contributed by atoms with Crippen LogP contribution < -0.4 is 0 Å². The highest BCUT2D eigenvalue weighted by Gasteiger charge is 2.03. The Morgan fingerprint density at radius 3 is 2.73 bits per heavy atom. The number of hydrogen-bond acceptors (Lipinski definition) is 3. The molecule has 4 nitrogen and oxygen atoms in total. The van der Waals surface area contributed by atoms with Gasteiger partial charge in [-0.3, -0.25) is 0 Å². The summed E-state index contributed by atoms with van der Waals surface area (Å²) in [4.78, 5) is 14.2. The van der Waals surface area contributed by atoms with Gasteiger partial charge in [0.25, 0.3) is 0 Å². The third-order valence-electron chi connectivity index (χ3n) is 1.58. The Bertz CT molecular complexity index is 356. The fourth-order valence-electron chi connectivity index (χ4n) is 1.04. The Labute approximate surface area is 89.2 Å². The Morgan fingerprint density at radius 2 is 2.27 bits per heavy atom. The monoisotopic (exact) mass is 206 g/mol. The van der Waals surface area contributed by atoms with E-state index in [1.807, 2.05) is 6.07 Å². The molecular formula is C11H14N2O2. The minimum Gasteiger partial charge on any atom is -0.477 e. The van der Waals surface area contributed by atoms with Crippen molar-refractivity contribution in [2.24, 2.45) is 0 Å². The smallest absolute Gasteiger partial charge is 0.354 e. The summed E-state index contributed by atoms with van der Waals surface area (Å²) in [6, 6.07) is 5.21. The molecular weight excluding hydrogens is 192 g/mol. The molecule has 15 heavy (non-hydrogen) atoms. The summed E-state index contributed by atoms with van der Waals surface area (Å²) in [6.45, 7) is 3.49. The number of pyridine rings is 1. The number of aryl methyl sites for hydroxylation is 1. The van der Waals surface area contributed by atoms with Crippen LogP contribution in [0.25, 0.3) is 0 Å². The van der Waals surface area contributed by atoms with Gasteiger partial charge in [-0.05, 0) is 24.1 Å². The molecule has 80 valence electrons. The van der Waals surface area contributed by atoms with Gasteiger partial charge in [0.15, 0.2) is 0 Å². The van der Waals surface area contributed by atoms with Gasteiger partial charge in [-0.15, -0.1) is 0 Å². The van der Waals surface area contributed by atoms with E-state index in [0.717, 1.165) is 18.4 Å². The fraction of sp³-hybridized carbons (Fsp3) is 0.364. The van der Waals surface area contributed by atoms with Gasteiger partial charge in [-0.1, -0.05) is 13.3 Å². The van der Waals surface area contributed by atoms with Crippen LogP contribution in [0.5, 0.6) is 0 Å². The molecule has 0 amide bonds. The van der Waals surface area contributed by atoms with Crippen LogP contribution in [0.2, 0.25) is 0 Å². The molecule has 0 atom stereocenters. The summed E-state index contributed by atoms with van der Waals surface area (Å²) in [6.07, 6.45) is 3.46. The first-order valence-corrected chi connectivity index (χ1v) is 4.64. The third kappa shape index (κ3) is 5.42.